The van der Waals surface area contributed by atoms with E-state index in [1.807, 2.05) is 0 Å². The van der Waals surface area contributed by atoms with Crippen LogP contribution in [0.15, 0.2) is 66.7 Å². The van der Waals surface area contributed by atoms with E-state index in [1.54, 1.807) is 55.7 Å². The molecule has 0 fully saturated rings. The summed E-state index contributed by atoms with van der Waals surface area (Å²) in [6.07, 6.45) is 2.88. The summed E-state index contributed by atoms with van der Waals surface area (Å²) in [7, 11) is 1.54. The number of hydrogen-bond acceptors (Lipinski definition) is 5. The van der Waals surface area contributed by atoms with Crippen molar-refractivity contribution in [2.24, 2.45) is 0 Å². The molecule has 6 nitrogen and oxygen atoms in total. The number of rotatable bonds is 8. The lowest BCUT2D eigenvalue weighted by molar-refractivity contribution is -0.385. The molecule has 3 aromatic rings. The van der Waals surface area contributed by atoms with Gasteiger partial charge in [0.2, 0.25) is 0 Å². The highest BCUT2D eigenvalue weighted by Crippen LogP contribution is 2.30. The van der Waals surface area contributed by atoms with Crippen LogP contribution in [0.1, 0.15) is 21.5 Å². The fourth-order valence-electron chi connectivity index (χ4n) is 2.87. The quantitative estimate of drug-likeness (QED) is 0.169. The molecular weight excluding hydrogens is 441 g/mol. The standard InChI is InChI=1S/C23H17Cl2NO5/c1-30-22-10-7-15(6-9-21(27)18-4-2-3-5-20(18)26(28)29)12-16(22)14-31-23-11-8-17(24)13-19(23)25/h2-13H,14H2,1H3/b9-6+. The summed E-state index contributed by atoms with van der Waals surface area (Å²) in [6.45, 7) is 0.171. The molecule has 0 unspecified atom stereocenters. The molecule has 0 spiro atoms. The maximum absolute atomic E-state index is 12.5. The normalized spacial score (nSPS) is 10.8. The molecular formula is C23H17Cl2NO5. The second kappa shape index (κ2) is 10.1. The third-order valence-electron chi connectivity index (χ3n) is 4.37. The highest BCUT2D eigenvalue weighted by molar-refractivity contribution is 6.35. The molecule has 31 heavy (non-hydrogen) atoms. The van der Waals surface area contributed by atoms with E-state index >= 15 is 0 Å². The largest absolute Gasteiger partial charge is 0.496 e. The van der Waals surface area contributed by atoms with E-state index in [4.69, 9.17) is 32.7 Å². The lowest BCUT2D eigenvalue weighted by atomic mass is 10.1. The zero-order valence-corrected chi connectivity index (χ0v) is 17.9. The molecule has 158 valence electrons. The Balaban J connectivity index is 1.80. The van der Waals surface area contributed by atoms with Gasteiger partial charge in [0, 0.05) is 16.7 Å². The monoisotopic (exact) mass is 457 g/mol. The zero-order chi connectivity index (χ0) is 22.4. The summed E-state index contributed by atoms with van der Waals surface area (Å²) in [5, 5.41) is 12.0. The predicted octanol–water partition coefficient (Wildman–Crippen LogP) is 6.39. The lowest BCUT2D eigenvalue weighted by Crippen LogP contribution is -2.01. The number of nitrogens with zero attached hydrogens (tertiary/aromatic N) is 1. The van der Waals surface area contributed by atoms with E-state index in [2.05, 4.69) is 0 Å². The predicted molar refractivity (Wildman–Crippen MR) is 120 cm³/mol. The van der Waals surface area contributed by atoms with E-state index in [0.717, 1.165) is 5.56 Å². The number of hydrogen-bond donors (Lipinski definition) is 0. The van der Waals surface area contributed by atoms with Gasteiger partial charge in [-0.1, -0.05) is 47.5 Å². The second-order valence-electron chi connectivity index (χ2n) is 6.41. The first-order valence-corrected chi connectivity index (χ1v) is 9.85. The van der Waals surface area contributed by atoms with Crippen LogP contribution in [0.5, 0.6) is 11.5 Å². The van der Waals surface area contributed by atoms with Crippen LogP contribution in [0.3, 0.4) is 0 Å². The Morgan fingerprint density at radius 2 is 1.81 bits per heavy atom. The highest BCUT2D eigenvalue weighted by Gasteiger charge is 2.17. The van der Waals surface area contributed by atoms with Crippen molar-refractivity contribution in [3.05, 3.63) is 104 Å². The Kier molecular flexibility index (Phi) is 7.28. The van der Waals surface area contributed by atoms with Crippen molar-refractivity contribution in [2.75, 3.05) is 7.11 Å². The Labute approximate surface area is 188 Å². The maximum Gasteiger partial charge on any atom is 0.280 e. The zero-order valence-electron chi connectivity index (χ0n) is 16.4. The molecule has 0 aliphatic carbocycles. The van der Waals surface area contributed by atoms with Crippen molar-refractivity contribution in [1.29, 1.82) is 0 Å². The molecule has 0 heterocycles. The maximum atomic E-state index is 12.5. The van der Waals surface area contributed by atoms with Gasteiger partial charge in [-0.3, -0.25) is 14.9 Å². The van der Waals surface area contributed by atoms with Gasteiger partial charge in [-0.25, -0.2) is 0 Å². The van der Waals surface area contributed by atoms with Crippen LogP contribution in [0, 0.1) is 10.1 Å². The molecule has 0 saturated carbocycles. The van der Waals surface area contributed by atoms with E-state index in [9.17, 15) is 14.9 Å². The molecule has 0 aliphatic rings. The molecule has 0 amide bonds. The Morgan fingerprint density at radius 1 is 1.06 bits per heavy atom. The van der Waals surface area contributed by atoms with Crippen LogP contribution in [0.2, 0.25) is 10.0 Å². The smallest absolute Gasteiger partial charge is 0.280 e. The molecule has 3 aromatic carbocycles. The number of allylic oxidation sites excluding steroid dienone is 1. The molecule has 0 saturated heterocycles. The van der Waals surface area contributed by atoms with Gasteiger partial charge in [0.05, 0.1) is 22.6 Å². The van der Waals surface area contributed by atoms with Gasteiger partial charge in [-0.2, -0.15) is 0 Å². The summed E-state index contributed by atoms with van der Waals surface area (Å²) in [4.78, 5) is 23.0. The Bertz CT molecular complexity index is 1160. The molecule has 0 atom stereocenters. The van der Waals surface area contributed by atoms with Gasteiger partial charge in [-0.15, -0.1) is 0 Å². The molecule has 0 N–H and O–H groups in total. The van der Waals surface area contributed by atoms with Crippen molar-refractivity contribution in [2.45, 2.75) is 6.61 Å². The third-order valence-corrected chi connectivity index (χ3v) is 4.91. The van der Waals surface area contributed by atoms with Crippen molar-refractivity contribution < 1.29 is 19.2 Å². The number of nitro benzene ring substituents is 1. The van der Waals surface area contributed by atoms with E-state index < -0.39 is 10.7 Å². The van der Waals surface area contributed by atoms with Crippen LogP contribution >= 0.6 is 23.2 Å². The van der Waals surface area contributed by atoms with Crippen molar-refractivity contribution in [3.8, 4) is 11.5 Å². The first-order valence-electron chi connectivity index (χ1n) is 9.09. The lowest BCUT2D eigenvalue weighted by Gasteiger charge is -2.12. The number of methoxy groups -OCH3 is 1. The second-order valence-corrected chi connectivity index (χ2v) is 7.25. The van der Waals surface area contributed by atoms with Crippen LogP contribution in [-0.2, 0) is 6.61 Å². The summed E-state index contributed by atoms with van der Waals surface area (Å²) in [5.74, 6) is 0.613. The fraction of sp³-hybridized carbons (Fsp3) is 0.0870. The fourth-order valence-corrected chi connectivity index (χ4v) is 3.33. The number of ketones is 1. The highest BCUT2D eigenvalue weighted by atomic mass is 35.5. The molecule has 0 aromatic heterocycles. The number of halogens is 2. The number of benzene rings is 3. The van der Waals surface area contributed by atoms with Crippen LogP contribution < -0.4 is 9.47 Å². The summed E-state index contributed by atoms with van der Waals surface area (Å²) >= 11 is 12.0. The van der Waals surface area contributed by atoms with Crippen LogP contribution in [0.4, 0.5) is 5.69 Å². The van der Waals surface area contributed by atoms with Gasteiger partial charge in [-0.05, 0) is 48.0 Å². The van der Waals surface area contributed by atoms with Gasteiger partial charge in [0.15, 0.2) is 5.78 Å². The topological polar surface area (TPSA) is 78.7 Å². The summed E-state index contributed by atoms with van der Waals surface area (Å²) < 4.78 is 11.2. The van der Waals surface area contributed by atoms with Gasteiger partial charge >= 0.3 is 0 Å². The first kappa shape index (κ1) is 22.3. The minimum atomic E-state index is -0.578. The third kappa shape index (κ3) is 5.63. The van der Waals surface area contributed by atoms with Crippen molar-refractivity contribution in [3.63, 3.8) is 0 Å². The Morgan fingerprint density at radius 3 is 2.52 bits per heavy atom. The summed E-state index contributed by atoms with van der Waals surface area (Å²) in [6, 6.07) is 16.1. The van der Waals surface area contributed by atoms with Gasteiger partial charge in [0.1, 0.15) is 18.1 Å². The van der Waals surface area contributed by atoms with Crippen LogP contribution in [-0.4, -0.2) is 17.8 Å². The first-order chi connectivity index (χ1) is 14.9. The summed E-state index contributed by atoms with van der Waals surface area (Å²) in [5.41, 5.74) is 1.22. The number of ether oxygens (including phenoxy) is 2. The van der Waals surface area contributed by atoms with Crippen LogP contribution in [0.25, 0.3) is 6.08 Å². The minimum absolute atomic E-state index is 0.0261. The van der Waals surface area contributed by atoms with E-state index in [-0.39, 0.29) is 17.9 Å². The van der Waals surface area contributed by atoms with E-state index in [1.165, 1.54) is 24.3 Å². The molecule has 0 radical (unpaired) electrons. The van der Waals surface area contributed by atoms with Crippen molar-refractivity contribution in [1.82, 2.24) is 0 Å². The van der Waals surface area contributed by atoms with Gasteiger partial charge in [0.25, 0.3) is 5.69 Å². The van der Waals surface area contributed by atoms with Gasteiger partial charge < -0.3 is 9.47 Å². The molecule has 0 bridgehead atoms. The molecule has 0 aliphatic heterocycles. The Hall–Kier alpha value is -3.35. The number of carbonyl (C=O) groups excluding carboxylic acids is 1. The minimum Gasteiger partial charge on any atom is -0.496 e. The number of nitro groups is 1. The average molecular weight is 458 g/mol. The average Bonchev–Trinajstić information content (AvgIpc) is 2.76. The van der Waals surface area contributed by atoms with E-state index in [0.29, 0.717) is 27.1 Å². The molecule has 8 heteroatoms. The SMILES string of the molecule is COc1ccc(/C=C/C(=O)c2ccccc2[N+](=O)[O-])cc1COc1ccc(Cl)cc1Cl. The number of para-hydroxylation sites is 1. The number of carbonyl (C=O) groups is 1. The van der Waals surface area contributed by atoms with Crippen molar-refractivity contribution >= 4 is 40.7 Å². The molecule has 3 rings (SSSR count).